The molecule has 1 atom stereocenters. The summed E-state index contributed by atoms with van der Waals surface area (Å²) in [7, 11) is 0. The van der Waals surface area contributed by atoms with Gasteiger partial charge in [0.1, 0.15) is 5.76 Å². The van der Waals surface area contributed by atoms with Crippen molar-refractivity contribution in [1.82, 2.24) is 10.2 Å². The normalized spacial score (nSPS) is 21.8. The van der Waals surface area contributed by atoms with E-state index in [-0.39, 0.29) is 23.8 Å². The topological polar surface area (TPSA) is 65.8 Å². The molecule has 2 fully saturated rings. The van der Waals surface area contributed by atoms with Crippen molar-refractivity contribution in [3.63, 3.8) is 0 Å². The Morgan fingerprint density at radius 3 is 2.58 bits per heavy atom. The predicted molar refractivity (Wildman–Crippen MR) is 128 cm³/mol. The van der Waals surface area contributed by atoms with Gasteiger partial charge in [0.15, 0.2) is 0 Å². The number of carbonyl (C=O) groups is 2. The lowest BCUT2D eigenvalue weighted by molar-refractivity contribution is -0.126. The van der Waals surface area contributed by atoms with Crippen LogP contribution in [-0.2, 0) is 17.8 Å². The van der Waals surface area contributed by atoms with Crippen molar-refractivity contribution in [2.45, 2.75) is 76.9 Å². The van der Waals surface area contributed by atoms with E-state index in [1.54, 1.807) is 12.3 Å². The molecule has 5 rings (SSSR count). The molecular formula is C27H35N3O3. The van der Waals surface area contributed by atoms with E-state index in [0.29, 0.717) is 31.2 Å². The highest BCUT2D eigenvalue weighted by atomic mass is 16.3. The molecule has 1 aromatic heterocycles. The van der Waals surface area contributed by atoms with E-state index in [9.17, 15) is 9.59 Å². The quantitative estimate of drug-likeness (QED) is 0.728. The van der Waals surface area contributed by atoms with Gasteiger partial charge in [-0.05, 0) is 56.7 Å². The summed E-state index contributed by atoms with van der Waals surface area (Å²) in [5, 5.41) is 3.25. The van der Waals surface area contributed by atoms with Crippen LogP contribution in [0.4, 0.5) is 5.69 Å². The maximum absolute atomic E-state index is 13.3. The van der Waals surface area contributed by atoms with Crippen LogP contribution in [0.5, 0.6) is 0 Å². The van der Waals surface area contributed by atoms with E-state index in [4.69, 9.17) is 4.42 Å². The van der Waals surface area contributed by atoms with Gasteiger partial charge in [0.05, 0.1) is 18.4 Å². The molecule has 1 N–H and O–H groups in total. The summed E-state index contributed by atoms with van der Waals surface area (Å²) in [6.07, 6.45) is 9.90. The molecule has 2 aliphatic heterocycles. The standard InChI is InChI=1S/C27H35N3O3/c1-19-17-21-9-5-6-10-24(21)30(19)18-25-23(13-16-33-25)27(32)29-14-11-22(12-15-29)28-26(31)20-7-3-2-4-8-20/h5-6,9-10,13,16,19-20,22H,2-4,7-8,11-12,14-15,17-18H2,1H3,(H,28,31). The molecule has 3 aliphatic rings. The van der Waals surface area contributed by atoms with Gasteiger partial charge in [-0.1, -0.05) is 37.5 Å². The summed E-state index contributed by atoms with van der Waals surface area (Å²) in [4.78, 5) is 30.1. The zero-order chi connectivity index (χ0) is 22.8. The molecule has 0 bridgehead atoms. The van der Waals surface area contributed by atoms with E-state index < -0.39 is 0 Å². The van der Waals surface area contributed by atoms with Crippen molar-refractivity contribution < 1.29 is 14.0 Å². The molecule has 1 aliphatic carbocycles. The first-order chi connectivity index (χ1) is 16.1. The maximum Gasteiger partial charge on any atom is 0.257 e. The number of amides is 2. The number of nitrogens with zero attached hydrogens (tertiary/aromatic N) is 2. The third-order valence-corrected chi connectivity index (χ3v) is 7.74. The van der Waals surface area contributed by atoms with Crippen LogP contribution in [0.25, 0.3) is 0 Å². The fraction of sp³-hybridized carbons (Fsp3) is 0.556. The number of furan rings is 1. The highest BCUT2D eigenvalue weighted by Crippen LogP contribution is 2.34. The summed E-state index contributed by atoms with van der Waals surface area (Å²) in [6, 6.07) is 10.8. The minimum Gasteiger partial charge on any atom is -0.467 e. The Labute approximate surface area is 196 Å². The second-order valence-corrected chi connectivity index (χ2v) is 9.98. The zero-order valence-corrected chi connectivity index (χ0v) is 19.6. The Morgan fingerprint density at radius 1 is 1.03 bits per heavy atom. The van der Waals surface area contributed by atoms with Crippen molar-refractivity contribution in [2.24, 2.45) is 5.92 Å². The molecule has 2 aromatic rings. The molecule has 2 amide bonds. The van der Waals surface area contributed by atoms with Crippen molar-refractivity contribution in [3.8, 4) is 0 Å². The van der Waals surface area contributed by atoms with Crippen LogP contribution in [0.15, 0.2) is 41.0 Å². The van der Waals surface area contributed by atoms with E-state index in [1.807, 2.05) is 4.90 Å². The molecule has 0 radical (unpaired) electrons. The third-order valence-electron chi connectivity index (χ3n) is 7.74. The van der Waals surface area contributed by atoms with Gasteiger partial charge >= 0.3 is 0 Å². The summed E-state index contributed by atoms with van der Waals surface area (Å²) >= 11 is 0. The van der Waals surface area contributed by atoms with Crippen molar-refractivity contribution in [3.05, 3.63) is 53.5 Å². The van der Waals surface area contributed by atoms with Crippen LogP contribution < -0.4 is 10.2 Å². The Bertz CT molecular complexity index is 986. The first-order valence-corrected chi connectivity index (χ1v) is 12.6. The summed E-state index contributed by atoms with van der Waals surface area (Å²) in [5.74, 6) is 1.17. The number of rotatable bonds is 5. The van der Waals surface area contributed by atoms with Crippen LogP contribution >= 0.6 is 0 Å². The third kappa shape index (κ3) is 4.66. The number of benzene rings is 1. The molecule has 1 unspecified atom stereocenters. The van der Waals surface area contributed by atoms with Crippen LogP contribution in [0.3, 0.4) is 0 Å². The number of likely N-dealkylation sites (tertiary alicyclic amines) is 1. The van der Waals surface area contributed by atoms with Gasteiger partial charge in [-0.25, -0.2) is 0 Å². The van der Waals surface area contributed by atoms with Gasteiger partial charge in [-0.2, -0.15) is 0 Å². The van der Waals surface area contributed by atoms with E-state index in [0.717, 1.165) is 37.9 Å². The van der Waals surface area contributed by atoms with E-state index in [2.05, 4.69) is 41.4 Å². The largest absolute Gasteiger partial charge is 0.467 e. The van der Waals surface area contributed by atoms with Gasteiger partial charge in [-0.15, -0.1) is 0 Å². The highest BCUT2D eigenvalue weighted by Gasteiger charge is 2.31. The fourth-order valence-corrected chi connectivity index (χ4v) is 5.76. The number of carbonyl (C=O) groups excluding carboxylic acids is 2. The number of anilines is 1. The lowest BCUT2D eigenvalue weighted by Gasteiger charge is -2.33. The second kappa shape index (κ2) is 9.62. The minimum absolute atomic E-state index is 0.0379. The molecule has 6 nitrogen and oxygen atoms in total. The van der Waals surface area contributed by atoms with E-state index in [1.165, 1.54) is 30.5 Å². The van der Waals surface area contributed by atoms with Gasteiger partial charge in [0, 0.05) is 36.8 Å². The van der Waals surface area contributed by atoms with Crippen molar-refractivity contribution >= 4 is 17.5 Å². The van der Waals surface area contributed by atoms with Crippen LogP contribution in [0.1, 0.15) is 73.6 Å². The van der Waals surface area contributed by atoms with Crippen LogP contribution in [0.2, 0.25) is 0 Å². The lowest BCUT2D eigenvalue weighted by atomic mass is 9.88. The van der Waals surface area contributed by atoms with Crippen molar-refractivity contribution in [1.29, 1.82) is 0 Å². The summed E-state index contributed by atoms with van der Waals surface area (Å²) < 4.78 is 5.80. The van der Waals surface area contributed by atoms with Gasteiger partial charge in [0.25, 0.3) is 5.91 Å². The maximum atomic E-state index is 13.3. The molecule has 6 heteroatoms. The highest BCUT2D eigenvalue weighted by molar-refractivity contribution is 5.95. The average Bonchev–Trinajstić information content (AvgIpc) is 3.44. The molecule has 0 spiro atoms. The number of hydrogen-bond donors (Lipinski definition) is 1. The van der Waals surface area contributed by atoms with Crippen molar-refractivity contribution in [2.75, 3.05) is 18.0 Å². The molecule has 1 saturated carbocycles. The summed E-state index contributed by atoms with van der Waals surface area (Å²) in [6.45, 7) is 4.15. The zero-order valence-electron chi connectivity index (χ0n) is 19.6. The predicted octanol–water partition coefficient (Wildman–Crippen LogP) is 4.53. The monoisotopic (exact) mass is 449 g/mol. The van der Waals surface area contributed by atoms with Crippen LogP contribution in [-0.4, -0.2) is 41.9 Å². The molecule has 1 saturated heterocycles. The number of piperidine rings is 1. The number of para-hydroxylation sites is 1. The second-order valence-electron chi connectivity index (χ2n) is 9.98. The Hall–Kier alpha value is -2.76. The number of nitrogens with one attached hydrogen (secondary N) is 1. The molecule has 1 aromatic carbocycles. The Balaban J connectivity index is 1.18. The lowest BCUT2D eigenvalue weighted by Crippen LogP contribution is -2.48. The molecule has 176 valence electrons. The van der Waals surface area contributed by atoms with Gasteiger partial charge in [0.2, 0.25) is 5.91 Å². The summed E-state index contributed by atoms with van der Waals surface area (Å²) in [5.41, 5.74) is 3.24. The Morgan fingerprint density at radius 2 is 1.79 bits per heavy atom. The first-order valence-electron chi connectivity index (χ1n) is 12.6. The number of fused-ring (bicyclic) bond motifs is 1. The number of hydrogen-bond acceptors (Lipinski definition) is 4. The van der Waals surface area contributed by atoms with Gasteiger partial charge in [-0.3, -0.25) is 9.59 Å². The van der Waals surface area contributed by atoms with E-state index >= 15 is 0 Å². The molecular weight excluding hydrogens is 414 g/mol. The fourth-order valence-electron chi connectivity index (χ4n) is 5.76. The Kier molecular flexibility index (Phi) is 6.43. The molecule has 3 heterocycles. The average molecular weight is 450 g/mol. The molecule has 33 heavy (non-hydrogen) atoms. The first kappa shape index (κ1) is 22.1. The minimum atomic E-state index is 0.0379. The van der Waals surface area contributed by atoms with Gasteiger partial charge < -0.3 is 19.5 Å². The smallest absolute Gasteiger partial charge is 0.257 e. The van der Waals surface area contributed by atoms with Crippen LogP contribution in [0, 0.1) is 5.92 Å². The SMILES string of the molecule is CC1Cc2ccccc2N1Cc1occc1C(=O)N1CCC(NC(=O)C2CCCCC2)CC1.